The van der Waals surface area contributed by atoms with Crippen LogP contribution in [0.3, 0.4) is 0 Å². The maximum atomic E-state index is 10.5. The lowest BCUT2D eigenvalue weighted by molar-refractivity contribution is -0.385. The quantitative estimate of drug-likeness (QED) is 0.454. The third-order valence-electron chi connectivity index (χ3n) is 1.40. The molecule has 0 N–H and O–H groups in total. The molecule has 1 aromatic carbocycles. The summed E-state index contributed by atoms with van der Waals surface area (Å²) in [6.07, 6.45) is 0. The minimum atomic E-state index is -0.430. The predicted octanol–water partition coefficient (Wildman–Crippen LogP) is 3.16. The number of halogens is 2. The van der Waals surface area contributed by atoms with Crippen LogP contribution in [0, 0.1) is 20.6 Å². The Morgan fingerprint density at radius 3 is 2.67 bits per heavy atom. The van der Waals surface area contributed by atoms with Gasteiger partial charge in [-0.2, -0.15) is 0 Å². The van der Waals surface area contributed by atoms with Gasteiger partial charge in [-0.05, 0) is 41.1 Å². The molecule has 0 amide bonds. The van der Waals surface area contributed by atoms with Crippen molar-refractivity contribution in [3.8, 4) is 0 Å². The highest BCUT2D eigenvalue weighted by molar-refractivity contribution is 14.1. The zero-order valence-corrected chi connectivity index (χ0v) is 9.09. The third-order valence-corrected chi connectivity index (χ3v) is 3.02. The minimum absolute atomic E-state index is 0.0700. The summed E-state index contributed by atoms with van der Waals surface area (Å²) < 4.78 is 0.641. The molecule has 64 valence electrons. The standard InChI is InChI=1S/C7H5ClINO2/c1-4-2-5(8)3-6(7(4)9)10(11)12/h2-3H,1H3. The van der Waals surface area contributed by atoms with Crippen LogP contribution in [0.25, 0.3) is 0 Å². The van der Waals surface area contributed by atoms with Gasteiger partial charge < -0.3 is 0 Å². The maximum Gasteiger partial charge on any atom is 0.284 e. The molecule has 0 aliphatic heterocycles. The van der Waals surface area contributed by atoms with E-state index in [0.29, 0.717) is 8.59 Å². The van der Waals surface area contributed by atoms with Gasteiger partial charge in [0, 0.05) is 11.1 Å². The second-order valence-electron chi connectivity index (χ2n) is 2.31. The number of hydrogen-bond acceptors (Lipinski definition) is 2. The zero-order chi connectivity index (χ0) is 9.30. The molecule has 0 bridgehead atoms. The van der Waals surface area contributed by atoms with Crippen molar-refractivity contribution in [3.63, 3.8) is 0 Å². The van der Waals surface area contributed by atoms with E-state index in [1.807, 2.05) is 22.6 Å². The van der Waals surface area contributed by atoms with Crippen molar-refractivity contribution in [1.82, 2.24) is 0 Å². The molecule has 12 heavy (non-hydrogen) atoms. The molecule has 0 heterocycles. The molecular formula is C7H5ClINO2. The summed E-state index contributed by atoms with van der Waals surface area (Å²) in [7, 11) is 0. The van der Waals surface area contributed by atoms with Crippen LogP contribution >= 0.6 is 34.2 Å². The molecule has 0 aromatic heterocycles. The summed E-state index contributed by atoms with van der Waals surface area (Å²) in [4.78, 5) is 10.0. The molecule has 0 saturated heterocycles. The number of benzene rings is 1. The predicted molar refractivity (Wildman–Crippen MR) is 55.6 cm³/mol. The van der Waals surface area contributed by atoms with E-state index < -0.39 is 4.92 Å². The summed E-state index contributed by atoms with van der Waals surface area (Å²) in [5.41, 5.74) is 0.899. The normalized spacial score (nSPS) is 9.92. The van der Waals surface area contributed by atoms with Gasteiger partial charge >= 0.3 is 0 Å². The van der Waals surface area contributed by atoms with Crippen molar-refractivity contribution in [1.29, 1.82) is 0 Å². The second kappa shape index (κ2) is 3.57. The minimum Gasteiger partial charge on any atom is -0.258 e. The van der Waals surface area contributed by atoms with Gasteiger partial charge in [-0.25, -0.2) is 0 Å². The second-order valence-corrected chi connectivity index (χ2v) is 3.83. The van der Waals surface area contributed by atoms with Crippen molar-refractivity contribution < 1.29 is 4.92 Å². The molecular weight excluding hydrogens is 292 g/mol. The van der Waals surface area contributed by atoms with Gasteiger partial charge in [-0.3, -0.25) is 10.1 Å². The lowest BCUT2D eigenvalue weighted by Crippen LogP contribution is -1.93. The van der Waals surface area contributed by atoms with Crippen LogP contribution in [0.15, 0.2) is 12.1 Å². The molecule has 0 aliphatic rings. The summed E-state index contributed by atoms with van der Waals surface area (Å²) in [6, 6.07) is 3.06. The van der Waals surface area contributed by atoms with Crippen molar-refractivity contribution in [2.24, 2.45) is 0 Å². The first-order valence-electron chi connectivity index (χ1n) is 3.12. The number of nitrogens with zero attached hydrogens (tertiary/aromatic N) is 1. The Balaban J connectivity index is 3.37. The molecule has 3 nitrogen and oxygen atoms in total. The molecule has 0 spiro atoms. The average Bonchev–Trinajstić information content (AvgIpc) is 1.96. The van der Waals surface area contributed by atoms with E-state index in [2.05, 4.69) is 0 Å². The van der Waals surface area contributed by atoms with Crippen molar-refractivity contribution >= 4 is 39.9 Å². The van der Waals surface area contributed by atoms with E-state index in [0.717, 1.165) is 5.56 Å². The van der Waals surface area contributed by atoms with E-state index in [1.54, 1.807) is 13.0 Å². The largest absolute Gasteiger partial charge is 0.284 e. The van der Waals surface area contributed by atoms with E-state index in [1.165, 1.54) is 6.07 Å². The molecule has 0 radical (unpaired) electrons. The van der Waals surface area contributed by atoms with Gasteiger partial charge in [0.25, 0.3) is 5.69 Å². The summed E-state index contributed by atoms with van der Waals surface area (Å²) in [6.45, 7) is 1.79. The van der Waals surface area contributed by atoms with E-state index in [9.17, 15) is 10.1 Å². The SMILES string of the molecule is Cc1cc(Cl)cc([N+](=O)[O-])c1I. The van der Waals surface area contributed by atoms with Crippen LogP contribution in [0.1, 0.15) is 5.56 Å². The molecule has 1 aromatic rings. The monoisotopic (exact) mass is 297 g/mol. The first kappa shape index (κ1) is 9.73. The van der Waals surface area contributed by atoms with Gasteiger partial charge in [0.15, 0.2) is 0 Å². The van der Waals surface area contributed by atoms with Crippen molar-refractivity contribution in [2.45, 2.75) is 6.92 Å². The highest BCUT2D eigenvalue weighted by Gasteiger charge is 2.14. The molecule has 0 atom stereocenters. The molecule has 0 saturated carbocycles. The smallest absolute Gasteiger partial charge is 0.258 e. The fraction of sp³-hybridized carbons (Fsp3) is 0.143. The molecule has 0 fully saturated rings. The zero-order valence-electron chi connectivity index (χ0n) is 6.17. The average molecular weight is 297 g/mol. The Morgan fingerprint density at radius 2 is 2.17 bits per heavy atom. The Labute approximate surface area is 88.0 Å². The van der Waals surface area contributed by atoms with Crippen LogP contribution in [0.5, 0.6) is 0 Å². The molecule has 0 unspecified atom stereocenters. The summed E-state index contributed by atoms with van der Waals surface area (Å²) in [5.74, 6) is 0. The molecule has 0 aliphatic carbocycles. The fourth-order valence-corrected chi connectivity index (χ4v) is 1.62. The summed E-state index contributed by atoms with van der Waals surface area (Å²) in [5, 5.41) is 10.9. The molecule has 1 rings (SSSR count). The highest BCUT2D eigenvalue weighted by atomic mass is 127. The fourth-order valence-electron chi connectivity index (χ4n) is 0.841. The van der Waals surface area contributed by atoms with Gasteiger partial charge in [0.1, 0.15) is 0 Å². The van der Waals surface area contributed by atoms with Crippen LogP contribution in [0.2, 0.25) is 5.02 Å². The third kappa shape index (κ3) is 1.87. The Kier molecular flexibility index (Phi) is 2.89. The summed E-state index contributed by atoms with van der Waals surface area (Å²) >= 11 is 7.59. The Morgan fingerprint density at radius 1 is 1.58 bits per heavy atom. The van der Waals surface area contributed by atoms with Gasteiger partial charge in [0.2, 0.25) is 0 Å². The molecule has 5 heteroatoms. The van der Waals surface area contributed by atoms with Crippen LogP contribution in [-0.4, -0.2) is 4.92 Å². The number of nitro groups is 1. The number of aryl methyl sites for hydroxylation is 1. The van der Waals surface area contributed by atoms with Crippen molar-refractivity contribution in [2.75, 3.05) is 0 Å². The first-order valence-corrected chi connectivity index (χ1v) is 4.58. The Bertz CT molecular complexity index is 340. The van der Waals surface area contributed by atoms with Gasteiger partial charge in [-0.15, -0.1) is 0 Å². The Hall–Kier alpha value is -0.360. The maximum absolute atomic E-state index is 10.5. The van der Waals surface area contributed by atoms with Crippen LogP contribution in [0.4, 0.5) is 5.69 Å². The number of hydrogen-bond donors (Lipinski definition) is 0. The van der Waals surface area contributed by atoms with E-state index in [-0.39, 0.29) is 5.69 Å². The lowest BCUT2D eigenvalue weighted by Gasteiger charge is -1.99. The van der Waals surface area contributed by atoms with Gasteiger partial charge in [0.05, 0.1) is 8.49 Å². The number of rotatable bonds is 1. The first-order chi connectivity index (χ1) is 5.52. The van der Waals surface area contributed by atoms with Gasteiger partial charge in [-0.1, -0.05) is 11.6 Å². The van der Waals surface area contributed by atoms with E-state index >= 15 is 0 Å². The number of nitro benzene ring substituents is 1. The van der Waals surface area contributed by atoms with Crippen LogP contribution < -0.4 is 0 Å². The lowest BCUT2D eigenvalue weighted by atomic mass is 10.2. The van der Waals surface area contributed by atoms with Crippen molar-refractivity contribution in [3.05, 3.63) is 36.4 Å². The van der Waals surface area contributed by atoms with Crippen LogP contribution in [-0.2, 0) is 0 Å². The van der Waals surface area contributed by atoms with E-state index in [4.69, 9.17) is 11.6 Å². The topological polar surface area (TPSA) is 43.1 Å². The highest BCUT2D eigenvalue weighted by Crippen LogP contribution is 2.27.